The predicted molar refractivity (Wildman–Crippen MR) is 106 cm³/mol. The first-order chi connectivity index (χ1) is 13.3. The Labute approximate surface area is 184 Å². The molecule has 6 nitrogen and oxygen atoms in total. The smallest absolute Gasteiger partial charge is 0.231 e. The predicted octanol–water partition coefficient (Wildman–Crippen LogP) is 3.71. The van der Waals surface area contributed by atoms with Crippen LogP contribution < -0.4 is 9.47 Å². The summed E-state index contributed by atoms with van der Waals surface area (Å²) in [4.78, 5) is 0. The SMILES string of the molecule is CCCCOCCOCCOCc1cc2c(cc1CCC)OCO2.CCO.[Ti]. The molecule has 0 bridgehead atoms. The Morgan fingerprint density at radius 3 is 1.93 bits per heavy atom. The standard InChI is InChI=1S/C19H30O5.C2H6O.Ti/c1-3-5-7-20-8-9-21-10-11-22-14-17-13-19-18(23-15-24-19)12-16(17)6-4-2;1-2-3;/h12-13H,3-11,14-15H2,1-2H3;3H,2H2,1H3;. The third kappa shape index (κ3) is 11.4. The Balaban J connectivity index is 0.00000171. The minimum Gasteiger partial charge on any atom is -0.454 e. The first-order valence-corrected chi connectivity index (χ1v) is 10.0. The fourth-order valence-electron chi connectivity index (χ4n) is 2.53. The van der Waals surface area contributed by atoms with Crippen LogP contribution in [0.25, 0.3) is 0 Å². The fourth-order valence-corrected chi connectivity index (χ4v) is 2.53. The molecule has 1 aromatic carbocycles. The molecule has 1 heterocycles. The molecule has 0 aromatic heterocycles. The maximum Gasteiger partial charge on any atom is 0.231 e. The van der Waals surface area contributed by atoms with Crippen LogP contribution in [0.1, 0.15) is 51.2 Å². The number of aliphatic hydroxyl groups is 1. The van der Waals surface area contributed by atoms with Crippen molar-refractivity contribution >= 4 is 0 Å². The summed E-state index contributed by atoms with van der Waals surface area (Å²) in [5.74, 6) is 1.66. The van der Waals surface area contributed by atoms with E-state index in [1.807, 2.05) is 6.07 Å². The molecule has 0 saturated carbocycles. The zero-order valence-corrected chi connectivity index (χ0v) is 19.2. The molecule has 0 unspecified atom stereocenters. The van der Waals surface area contributed by atoms with E-state index in [1.54, 1.807) is 6.92 Å². The van der Waals surface area contributed by atoms with Crippen LogP contribution in [0.15, 0.2) is 12.1 Å². The van der Waals surface area contributed by atoms with Crippen LogP contribution >= 0.6 is 0 Å². The minimum atomic E-state index is 0. The number of fused-ring (bicyclic) bond motifs is 1. The summed E-state index contributed by atoms with van der Waals surface area (Å²) in [7, 11) is 0. The second kappa shape index (κ2) is 18.4. The maximum atomic E-state index is 7.57. The molecule has 28 heavy (non-hydrogen) atoms. The molecule has 1 aromatic rings. The van der Waals surface area contributed by atoms with Crippen molar-refractivity contribution in [3.63, 3.8) is 0 Å². The fraction of sp³-hybridized carbons (Fsp3) is 0.714. The average molecular weight is 432 g/mol. The van der Waals surface area contributed by atoms with Gasteiger partial charge in [0.2, 0.25) is 6.79 Å². The molecule has 1 aliphatic heterocycles. The molecule has 0 aliphatic carbocycles. The number of rotatable bonds is 13. The zero-order valence-electron chi connectivity index (χ0n) is 17.6. The number of ether oxygens (including phenoxy) is 5. The minimum absolute atomic E-state index is 0. The molecular formula is C21H36O6Ti. The Hall–Kier alpha value is -0.626. The molecule has 1 N–H and O–H groups in total. The second-order valence-electron chi connectivity index (χ2n) is 6.17. The summed E-state index contributed by atoms with van der Waals surface area (Å²) in [6.45, 7) is 10.4. The first-order valence-electron chi connectivity index (χ1n) is 10.0. The number of hydrogen-bond donors (Lipinski definition) is 1. The van der Waals surface area contributed by atoms with Crippen molar-refractivity contribution in [2.24, 2.45) is 0 Å². The van der Waals surface area contributed by atoms with Crippen molar-refractivity contribution in [2.45, 2.75) is 53.1 Å². The van der Waals surface area contributed by atoms with Gasteiger partial charge < -0.3 is 28.8 Å². The Morgan fingerprint density at radius 1 is 0.821 bits per heavy atom. The summed E-state index contributed by atoms with van der Waals surface area (Å²) in [6.07, 6.45) is 4.38. The van der Waals surface area contributed by atoms with Gasteiger partial charge in [-0.1, -0.05) is 26.7 Å². The number of aliphatic hydroxyl groups excluding tert-OH is 1. The van der Waals surface area contributed by atoms with Crippen LogP contribution in [-0.2, 0) is 49.0 Å². The third-order valence-corrected chi connectivity index (χ3v) is 3.86. The van der Waals surface area contributed by atoms with E-state index < -0.39 is 0 Å². The largest absolute Gasteiger partial charge is 0.454 e. The topological polar surface area (TPSA) is 66.4 Å². The van der Waals surface area contributed by atoms with Gasteiger partial charge >= 0.3 is 0 Å². The van der Waals surface area contributed by atoms with Crippen LogP contribution in [-0.4, -0.2) is 51.5 Å². The average Bonchev–Trinajstić information content (AvgIpc) is 3.11. The van der Waals surface area contributed by atoms with E-state index in [2.05, 4.69) is 19.9 Å². The number of aryl methyl sites for hydroxylation is 1. The second-order valence-corrected chi connectivity index (χ2v) is 6.17. The van der Waals surface area contributed by atoms with E-state index in [0.29, 0.717) is 39.8 Å². The van der Waals surface area contributed by atoms with Crippen molar-refractivity contribution in [2.75, 3.05) is 46.4 Å². The van der Waals surface area contributed by atoms with Gasteiger partial charge in [0.1, 0.15) is 0 Å². The molecule has 7 heteroatoms. The van der Waals surface area contributed by atoms with Crippen molar-refractivity contribution in [3.05, 3.63) is 23.3 Å². The Bertz CT molecular complexity index is 498. The van der Waals surface area contributed by atoms with Crippen molar-refractivity contribution in [1.82, 2.24) is 0 Å². The number of benzene rings is 1. The molecule has 0 fully saturated rings. The van der Waals surface area contributed by atoms with Crippen LogP contribution in [0.5, 0.6) is 11.5 Å². The zero-order chi connectivity index (χ0) is 19.7. The molecule has 2 rings (SSSR count). The summed E-state index contributed by atoms with van der Waals surface area (Å²) in [5, 5.41) is 7.57. The molecule has 160 valence electrons. The van der Waals surface area contributed by atoms with Gasteiger partial charge in [0.05, 0.1) is 33.0 Å². The van der Waals surface area contributed by atoms with Crippen molar-refractivity contribution in [3.8, 4) is 11.5 Å². The van der Waals surface area contributed by atoms with Crippen molar-refractivity contribution < 1.29 is 50.5 Å². The van der Waals surface area contributed by atoms with Gasteiger partial charge in [-0.3, -0.25) is 0 Å². The Morgan fingerprint density at radius 2 is 1.36 bits per heavy atom. The summed E-state index contributed by atoms with van der Waals surface area (Å²) >= 11 is 0. The summed E-state index contributed by atoms with van der Waals surface area (Å²) in [6, 6.07) is 4.12. The molecular weight excluding hydrogens is 396 g/mol. The van der Waals surface area contributed by atoms with E-state index in [1.165, 1.54) is 11.1 Å². The van der Waals surface area contributed by atoms with Gasteiger partial charge in [-0.05, 0) is 43.0 Å². The first kappa shape index (κ1) is 27.4. The maximum absolute atomic E-state index is 7.57. The van der Waals surface area contributed by atoms with E-state index in [4.69, 9.17) is 28.8 Å². The summed E-state index contributed by atoms with van der Waals surface area (Å²) in [5.41, 5.74) is 2.44. The van der Waals surface area contributed by atoms with Crippen LogP contribution in [0.4, 0.5) is 0 Å². The van der Waals surface area contributed by atoms with Gasteiger partial charge in [0.25, 0.3) is 0 Å². The van der Waals surface area contributed by atoms with Gasteiger partial charge in [-0.25, -0.2) is 0 Å². The number of unbranched alkanes of at least 4 members (excludes halogenated alkanes) is 1. The van der Waals surface area contributed by atoms with E-state index in [0.717, 1.165) is 43.8 Å². The number of hydrogen-bond acceptors (Lipinski definition) is 6. The molecule has 0 saturated heterocycles. The van der Waals surface area contributed by atoms with Crippen LogP contribution in [0.2, 0.25) is 0 Å². The third-order valence-electron chi connectivity index (χ3n) is 3.86. The van der Waals surface area contributed by atoms with Crippen LogP contribution in [0.3, 0.4) is 0 Å². The van der Waals surface area contributed by atoms with Crippen LogP contribution in [0, 0.1) is 0 Å². The van der Waals surface area contributed by atoms with Gasteiger partial charge in [-0.15, -0.1) is 0 Å². The quantitative estimate of drug-likeness (QED) is 0.379. The van der Waals surface area contributed by atoms with Crippen molar-refractivity contribution in [1.29, 1.82) is 0 Å². The Kier molecular flexibility index (Phi) is 18.0. The molecule has 1 aliphatic rings. The monoisotopic (exact) mass is 432 g/mol. The normalized spacial score (nSPS) is 11.6. The van der Waals surface area contributed by atoms with Gasteiger partial charge in [0.15, 0.2) is 11.5 Å². The van der Waals surface area contributed by atoms with Gasteiger partial charge in [0, 0.05) is 34.9 Å². The molecule has 0 radical (unpaired) electrons. The van der Waals surface area contributed by atoms with E-state index in [9.17, 15) is 0 Å². The van der Waals surface area contributed by atoms with E-state index in [-0.39, 0.29) is 28.3 Å². The molecule has 0 atom stereocenters. The summed E-state index contributed by atoms with van der Waals surface area (Å²) < 4.78 is 27.6. The molecule has 0 amide bonds. The molecule has 0 spiro atoms. The van der Waals surface area contributed by atoms with Gasteiger partial charge in [-0.2, -0.15) is 0 Å². The van der Waals surface area contributed by atoms with E-state index >= 15 is 0 Å².